The van der Waals surface area contributed by atoms with Crippen molar-refractivity contribution in [2.45, 2.75) is 6.54 Å². The van der Waals surface area contributed by atoms with Crippen molar-refractivity contribution in [2.75, 3.05) is 26.2 Å². The van der Waals surface area contributed by atoms with Gasteiger partial charge in [0.1, 0.15) is 0 Å². The van der Waals surface area contributed by atoms with Gasteiger partial charge in [-0.25, -0.2) is 0 Å². The lowest BCUT2D eigenvalue weighted by molar-refractivity contribution is 0.304. The van der Waals surface area contributed by atoms with Gasteiger partial charge in [0.05, 0.1) is 12.5 Å². The van der Waals surface area contributed by atoms with Crippen LogP contribution in [-0.4, -0.2) is 31.1 Å². The zero-order chi connectivity index (χ0) is 9.38. The van der Waals surface area contributed by atoms with Gasteiger partial charge in [0.25, 0.3) is 0 Å². The molecule has 2 atom stereocenters. The number of rotatable bonds is 2. The predicted molar refractivity (Wildman–Crippen MR) is 53.8 cm³/mol. The minimum absolute atomic E-state index is 0.891. The second kappa shape index (κ2) is 3.41. The predicted octanol–water partition coefficient (Wildman–Crippen LogP) is 0.931. The molecule has 0 radical (unpaired) electrons. The van der Waals surface area contributed by atoms with Crippen LogP contribution in [0.15, 0.2) is 23.0 Å². The Morgan fingerprint density at radius 1 is 1.36 bits per heavy atom. The second-order valence-corrected chi connectivity index (χ2v) is 4.50. The summed E-state index contributed by atoms with van der Waals surface area (Å²) in [6.07, 6.45) is 3.61. The van der Waals surface area contributed by atoms with E-state index >= 15 is 0 Å². The van der Waals surface area contributed by atoms with Crippen LogP contribution >= 0.6 is 0 Å². The quantitative estimate of drug-likeness (QED) is 0.755. The Bertz CT molecular complexity index is 284. The summed E-state index contributed by atoms with van der Waals surface area (Å²) in [6.45, 7) is 5.99. The third kappa shape index (κ3) is 1.47. The smallest absolute Gasteiger partial charge is 0.0947 e. The Morgan fingerprint density at radius 2 is 2.14 bits per heavy atom. The standard InChI is InChI=1S/C11H16N2O/c1-2-14-8-9(1)5-13-6-10-3-12-4-11(10)7-13/h1-2,8,10-12H,3-7H2. The van der Waals surface area contributed by atoms with E-state index < -0.39 is 0 Å². The molecule has 2 saturated heterocycles. The Kier molecular flexibility index (Phi) is 2.07. The van der Waals surface area contributed by atoms with Crippen molar-refractivity contribution in [1.29, 1.82) is 0 Å². The van der Waals surface area contributed by atoms with Crippen LogP contribution < -0.4 is 5.32 Å². The van der Waals surface area contributed by atoms with Crippen LogP contribution in [0.5, 0.6) is 0 Å². The molecule has 1 aromatic rings. The molecule has 2 unspecified atom stereocenters. The topological polar surface area (TPSA) is 28.4 Å². The van der Waals surface area contributed by atoms with Crippen molar-refractivity contribution in [3.8, 4) is 0 Å². The van der Waals surface area contributed by atoms with Gasteiger partial charge in [-0.05, 0) is 31.0 Å². The molecule has 3 nitrogen and oxygen atoms in total. The maximum Gasteiger partial charge on any atom is 0.0947 e. The lowest BCUT2D eigenvalue weighted by atomic mass is 10.0. The summed E-state index contributed by atoms with van der Waals surface area (Å²) in [5.74, 6) is 1.78. The van der Waals surface area contributed by atoms with Gasteiger partial charge in [0.2, 0.25) is 0 Å². The molecule has 3 heteroatoms. The molecule has 2 fully saturated rings. The Balaban J connectivity index is 1.61. The van der Waals surface area contributed by atoms with Crippen LogP contribution in [0.3, 0.4) is 0 Å². The van der Waals surface area contributed by atoms with E-state index in [1.807, 2.05) is 6.26 Å². The van der Waals surface area contributed by atoms with Crippen LogP contribution in [0, 0.1) is 11.8 Å². The zero-order valence-corrected chi connectivity index (χ0v) is 8.28. The zero-order valence-electron chi connectivity index (χ0n) is 8.28. The van der Waals surface area contributed by atoms with E-state index in [1.54, 1.807) is 6.26 Å². The minimum atomic E-state index is 0.891. The lowest BCUT2D eigenvalue weighted by Gasteiger charge is -2.15. The van der Waals surface area contributed by atoms with Gasteiger partial charge in [-0.15, -0.1) is 0 Å². The molecule has 0 amide bonds. The first kappa shape index (κ1) is 8.50. The first-order chi connectivity index (χ1) is 6.92. The van der Waals surface area contributed by atoms with Gasteiger partial charge < -0.3 is 9.73 Å². The fourth-order valence-corrected chi connectivity index (χ4v) is 2.72. The van der Waals surface area contributed by atoms with E-state index in [1.165, 1.54) is 31.7 Å². The van der Waals surface area contributed by atoms with Crippen LogP contribution in [0.2, 0.25) is 0 Å². The number of furan rings is 1. The molecule has 0 saturated carbocycles. The average molecular weight is 192 g/mol. The average Bonchev–Trinajstić information content (AvgIpc) is 2.78. The maximum atomic E-state index is 5.08. The Hall–Kier alpha value is -0.800. The normalized spacial score (nSPS) is 32.3. The molecular formula is C11H16N2O. The van der Waals surface area contributed by atoms with Crippen molar-refractivity contribution < 1.29 is 4.42 Å². The summed E-state index contributed by atoms with van der Waals surface area (Å²) in [4.78, 5) is 2.54. The molecule has 0 bridgehead atoms. The minimum Gasteiger partial charge on any atom is -0.472 e. The summed E-state index contributed by atoms with van der Waals surface area (Å²) in [7, 11) is 0. The van der Waals surface area contributed by atoms with Crippen molar-refractivity contribution in [3.05, 3.63) is 24.2 Å². The summed E-state index contributed by atoms with van der Waals surface area (Å²) in [6, 6.07) is 2.06. The van der Waals surface area contributed by atoms with Gasteiger partial charge in [-0.2, -0.15) is 0 Å². The number of fused-ring (bicyclic) bond motifs is 1. The SMILES string of the molecule is c1cc(CN2CC3CNCC3C2)co1. The van der Waals surface area contributed by atoms with Gasteiger partial charge >= 0.3 is 0 Å². The summed E-state index contributed by atoms with van der Waals surface area (Å²) >= 11 is 0. The molecule has 0 aromatic carbocycles. The molecule has 3 rings (SSSR count). The number of likely N-dealkylation sites (tertiary alicyclic amines) is 1. The Morgan fingerprint density at radius 3 is 2.79 bits per heavy atom. The molecule has 0 aliphatic carbocycles. The number of nitrogens with one attached hydrogen (secondary N) is 1. The number of nitrogens with zero attached hydrogens (tertiary/aromatic N) is 1. The highest BCUT2D eigenvalue weighted by Gasteiger charge is 2.35. The van der Waals surface area contributed by atoms with Crippen molar-refractivity contribution >= 4 is 0 Å². The first-order valence-corrected chi connectivity index (χ1v) is 5.36. The van der Waals surface area contributed by atoms with Gasteiger partial charge in [-0.3, -0.25) is 4.90 Å². The molecule has 76 valence electrons. The third-order valence-electron chi connectivity index (χ3n) is 3.45. The monoisotopic (exact) mass is 192 g/mol. The second-order valence-electron chi connectivity index (χ2n) is 4.50. The van der Waals surface area contributed by atoms with Crippen molar-refractivity contribution in [3.63, 3.8) is 0 Å². The summed E-state index contributed by atoms with van der Waals surface area (Å²) in [5.41, 5.74) is 1.30. The first-order valence-electron chi connectivity index (χ1n) is 5.36. The summed E-state index contributed by atoms with van der Waals surface area (Å²) < 4.78 is 5.08. The molecule has 14 heavy (non-hydrogen) atoms. The Labute approximate surface area is 84.1 Å². The molecule has 1 aromatic heterocycles. The van der Waals surface area contributed by atoms with E-state index in [2.05, 4.69) is 16.3 Å². The van der Waals surface area contributed by atoms with Crippen molar-refractivity contribution in [2.24, 2.45) is 11.8 Å². The van der Waals surface area contributed by atoms with Crippen LogP contribution in [0.1, 0.15) is 5.56 Å². The molecule has 1 N–H and O–H groups in total. The van der Waals surface area contributed by atoms with Gasteiger partial charge in [0, 0.05) is 25.2 Å². The maximum absolute atomic E-state index is 5.08. The fourth-order valence-electron chi connectivity index (χ4n) is 2.72. The van der Waals surface area contributed by atoms with Crippen LogP contribution in [-0.2, 0) is 6.54 Å². The summed E-state index contributed by atoms with van der Waals surface area (Å²) in [5, 5.41) is 3.46. The number of hydrogen-bond acceptors (Lipinski definition) is 3. The third-order valence-corrected chi connectivity index (χ3v) is 3.45. The molecule has 2 aliphatic heterocycles. The van der Waals surface area contributed by atoms with E-state index in [-0.39, 0.29) is 0 Å². The van der Waals surface area contributed by atoms with Crippen LogP contribution in [0.25, 0.3) is 0 Å². The van der Waals surface area contributed by atoms with Gasteiger partial charge in [0.15, 0.2) is 0 Å². The van der Waals surface area contributed by atoms with Gasteiger partial charge in [-0.1, -0.05) is 0 Å². The largest absolute Gasteiger partial charge is 0.472 e. The molecule has 3 heterocycles. The molecule has 2 aliphatic rings. The lowest BCUT2D eigenvalue weighted by Crippen LogP contribution is -2.25. The number of hydrogen-bond donors (Lipinski definition) is 1. The highest BCUT2D eigenvalue weighted by atomic mass is 16.3. The fraction of sp³-hybridized carbons (Fsp3) is 0.636. The van der Waals surface area contributed by atoms with E-state index in [0.717, 1.165) is 18.4 Å². The van der Waals surface area contributed by atoms with E-state index in [9.17, 15) is 0 Å². The van der Waals surface area contributed by atoms with Crippen molar-refractivity contribution in [1.82, 2.24) is 10.2 Å². The molecule has 0 spiro atoms. The highest BCUT2D eigenvalue weighted by Crippen LogP contribution is 2.27. The van der Waals surface area contributed by atoms with E-state index in [4.69, 9.17) is 4.42 Å². The van der Waals surface area contributed by atoms with Crippen LogP contribution in [0.4, 0.5) is 0 Å². The highest BCUT2D eigenvalue weighted by molar-refractivity contribution is 5.06. The van der Waals surface area contributed by atoms with E-state index in [0.29, 0.717) is 0 Å². The molecular weight excluding hydrogens is 176 g/mol.